The third kappa shape index (κ3) is 4.81. The van der Waals surface area contributed by atoms with E-state index in [9.17, 15) is 4.79 Å². The second-order valence-electron chi connectivity index (χ2n) is 6.75. The topological polar surface area (TPSA) is 55.7 Å². The number of rotatable bonds is 7. The van der Waals surface area contributed by atoms with Gasteiger partial charge in [0, 0.05) is 24.9 Å². The molecule has 136 valence electrons. The van der Waals surface area contributed by atoms with Gasteiger partial charge in [-0.3, -0.25) is 4.79 Å². The number of amides is 1. The monoisotopic (exact) mass is 345 g/mol. The van der Waals surface area contributed by atoms with Gasteiger partial charge in [-0.1, -0.05) is 18.2 Å². The van der Waals surface area contributed by atoms with Crippen molar-refractivity contribution in [2.24, 2.45) is 0 Å². The van der Waals surface area contributed by atoms with Crippen LogP contribution < -0.4 is 5.32 Å². The van der Waals surface area contributed by atoms with Crippen LogP contribution in [0.1, 0.15) is 6.42 Å². The van der Waals surface area contributed by atoms with Crippen molar-refractivity contribution in [1.82, 2.24) is 14.8 Å². The molecule has 2 atom stereocenters. The Morgan fingerprint density at radius 2 is 2.20 bits per heavy atom. The van der Waals surface area contributed by atoms with Crippen LogP contribution in [0.3, 0.4) is 0 Å². The Morgan fingerprint density at radius 3 is 3.04 bits per heavy atom. The Hall–Kier alpha value is -1.89. The number of carbonyl (C=O) groups is 1. The molecular weight excluding hydrogens is 318 g/mol. The van der Waals surface area contributed by atoms with Gasteiger partial charge in [-0.2, -0.15) is 0 Å². The van der Waals surface area contributed by atoms with E-state index >= 15 is 0 Å². The summed E-state index contributed by atoms with van der Waals surface area (Å²) in [4.78, 5) is 14.6. The van der Waals surface area contributed by atoms with Gasteiger partial charge in [-0.05, 0) is 38.0 Å². The summed E-state index contributed by atoms with van der Waals surface area (Å²) in [6.45, 7) is 2.99. The summed E-state index contributed by atoms with van der Waals surface area (Å²) in [6, 6.07) is 10.1. The lowest BCUT2D eigenvalue weighted by Crippen LogP contribution is -2.51. The minimum absolute atomic E-state index is 0.00485. The average Bonchev–Trinajstić information content (AvgIpc) is 2.99. The molecule has 0 saturated carbocycles. The number of benzene rings is 1. The number of nitrogens with one attached hydrogen (secondary N) is 1. The van der Waals surface area contributed by atoms with Gasteiger partial charge in [0.15, 0.2) is 0 Å². The standard InChI is InChI=1S/C19H27N3O3/c1-21(2)10-12-25-18-14-24-11-8-16(18)20-19(23)13-22-9-7-15-5-3-4-6-17(15)22/h3-7,9,16,18H,8,10-14H2,1-2H3,(H,20,23)/t16-,18-/m1/s1. The fourth-order valence-electron chi connectivity index (χ4n) is 3.11. The summed E-state index contributed by atoms with van der Waals surface area (Å²) >= 11 is 0. The smallest absolute Gasteiger partial charge is 0.240 e. The zero-order chi connectivity index (χ0) is 17.6. The molecule has 1 aliphatic heterocycles. The average molecular weight is 345 g/mol. The summed E-state index contributed by atoms with van der Waals surface area (Å²) < 4.78 is 13.4. The van der Waals surface area contributed by atoms with E-state index in [4.69, 9.17) is 9.47 Å². The molecule has 1 aromatic carbocycles. The van der Waals surface area contributed by atoms with Crippen molar-refractivity contribution in [3.8, 4) is 0 Å². The van der Waals surface area contributed by atoms with Gasteiger partial charge in [0.2, 0.25) is 5.91 Å². The highest BCUT2D eigenvalue weighted by Gasteiger charge is 2.28. The quantitative estimate of drug-likeness (QED) is 0.826. The molecule has 1 N–H and O–H groups in total. The third-order valence-electron chi connectivity index (χ3n) is 4.52. The molecule has 1 aromatic heterocycles. The van der Waals surface area contributed by atoms with E-state index in [1.165, 1.54) is 0 Å². The molecule has 0 unspecified atom stereocenters. The molecule has 0 aliphatic carbocycles. The number of ether oxygens (including phenoxy) is 2. The molecule has 0 radical (unpaired) electrons. The van der Waals surface area contributed by atoms with Crippen LogP contribution in [0.5, 0.6) is 0 Å². The van der Waals surface area contributed by atoms with E-state index in [0.717, 1.165) is 23.9 Å². The highest BCUT2D eigenvalue weighted by Crippen LogP contribution is 2.15. The summed E-state index contributed by atoms with van der Waals surface area (Å²) in [5.41, 5.74) is 1.07. The minimum Gasteiger partial charge on any atom is -0.379 e. The molecule has 0 spiro atoms. The minimum atomic E-state index is -0.0842. The van der Waals surface area contributed by atoms with Crippen molar-refractivity contribution in [1.29, 1.82) is 0 Å². The Balaban J connectivity index is 1.56. The third-order valence-corrected chi connectivity index (χ3v) is 4.52. The Morgan fingerprint density at radius 1 is 1.36 bits per heavy atom. The van der Waals surface area contributed by atoms with E-state index in [-0.39, 0.29) is 18.1 Å². The second-order valence-corrected chi connectivity index (χ2v) is 6.75. The summed E-state index contributed by atoms with van der Waals surface area (Å²) in [5.74, 6) is 0.00876. The number of aromatic nitrogens is 1. The molecule has 2 aromatic rings. The lowest BCUT2D eigenvalue weighted by molar-refractivity contribution is -0.126. The fraction of sp³-hybridized carbons (Fsp3) is 0.526. The summed E-state index contributed by atoms with van der Waals surface area (Å²) in [5, 5.41) is 4.28. The van der Waals surface area contributed by atoms with Crippen LogP contribution >= 0.6 is 0 Å². The van der Waals surface area contributed by atoms with Crippen molar-refractivity contribution >= 4 is 16.8 Å². The van der Waals surface area contributed by atoms with Gasteiger partial charge in [0.05, 0.1) is 19.3 Å². The van der Waals surface area contributed by atoms with Gasteiger partial charge in [-0.25, -0.2) is 0 Å². The molecular formula is C19H27N3O3. The number of carbonyl (C=O) groups excluding carboxylic acids is 1. The van der Waals surface area contributed by atoms with E-state index in [0.29, 0.717) is 26.4 Å². The normalized spacial score (nSPS) is 20.9. The van der Waals surface area contributed by atoms with Crippen molar-refractivity contribution in [3.05, 3.63) is 36.5 Å². The Kier molecular flexibility index (Phi) is 6.07. The van der Waals surface area contributed by atoms with Crippen molar-refractivity contribution in [3.63, 3.8) is 0 Å². The van der Waals surface area contributed by atoms with E-state index in [1.807, 2.05) is 49.1 Å². The highest BCUT2D eigenvalue weighted by atomic mass is 16.5. The number of hydrogen-bond acceptors (Lipinski definition) is 4. The van der Waals surface area contributed by atoms with Crippen LogP contribution in [0, 0.1) is 0 Å². The maximum absolute atomic E-state index is 12.5. The first kappa shape index (κ1) is 17.9. The fourth-order valence-corrected chi connectivity index (χ4v) is 3.11. The number of fused-ring (bicyclic) bond motifs is 1. The van der Waals surface area contributed by atoms with Crippen LogP contribution in [-0.2, 0) is 20.8 Å². The number of nitrogens with zero attached hydrogens (tertiary/aromatic N) is 2. The molecule has 1 aliphatic rings. The SMILES string of the molecule is CN(C)CCO[C@@H]1COCC[C@H]1NC(=O)Cn1ccc2ccccc21. The predicted octanol–water partition coefficient (Wildman–Crippen LogP) is 1.49. The molecule has 0 bridgehead atoms. The van der Waals surface area contributed by atoms with E-state index in [1.54, 1.807) is 0 Å². The maximum Gasteiger partial charge on any atom is 0.240 e. The zero-order valence-electron chi connectivity index (χ0n) is 15.0. The van der Waals surface area contributed by atoms with E-state index < -0.39 is 0 Å². The first-order valence-corrected chi connectivity index (χ1v) is 8.81. The van der Waals surface area contributed by atoms with Crippen LogP contribution in [0.2, 0.25) is 0 Å². The van der Waals surface area contributed by atoms with Crippen molar-refractivity contribution < 1.29 is 14.3 Å². The Labute approximate surface area is 148 Å². The summed E-state index contributed by atoms with van der Waals surface area (Å²) in [6.07, 6.45) is 2.66. The molecule has 25 heavy (non-hydrogen) atoms. The molecule has 2 heterocycles. The molecule has 1 saturated heterocycles. The Bertz CT molecular complexity index is 698. The first-order valence-electron chi connectivity index (χ1n) is 8.81. The van der Waals surface area contributed by atoms with Crippen LogP contribution in [0.4, 0.5) is 0 Å². The number of likely N-dealkylation sites (N-methyl/N-ethyl adjacent to an activating group) is 1. The van der Waals surface area contributed by atoms with Crippen LogP contribution in [0.15, 0.2) is 36.5 Å². The summed E-state index contributed by atoms with van der Waals surface area (Å²) in [7, 11) is 4.03. The van der Waals surface area contributed by atoms with Gasteiger partial charge < -0.3 is 24.3 Å². The van der Waals surface area contributed by atoms with Crippen LogP contribution in [0.25, 0.3) is 10.9 Å². The molecule has 6 heteroatoms. The highest BCUT2D eigenvalue weighted by molar-refractivity contribution is 5.83. The van der Waals surface area contributed by atoms with Crippen molar-refractivity contribution in [2.75, 3.05) is 40.5 Å². The van der Waals surface area contributed by atoms with Gasteiger partial charge in [-0.15, -0.1) is 0 Å². The maximum atomic E-state index is 12.5. The predicted molar refractivity (Wildman–Crippen MR) is 97.6 cm³/mol. The van der Waals surface area contributed by atoms with Crippen molar-refractivity contribution in [2.45, 2.75) is 25.1 Å². The van der Waals surface area contributed by atoms with Crippen LogP contribution in [-0.4, -0.2) is 68.0 Å². The molecule has 1 amide bonds. The zero-order valence-corrected chi connectivity index (χ0v) is 15.0. The number of hydrogen-bond donors (Lipinski definition) is 1. The molecule has 1 fully saturated rings. The number of para-hydroxylation sites is 1. The lowest BCUT2D eigenvalue weighted by atomic mass is 10.1. The van der Waals surface area contributed by atoms with Gasteiger partial charge in [0.1, 0.15) is 12.6 Å². The lowest BCUT2D eigenvalue weighted by Gasteiger charge is -2.32. The second kappa shape index (κ2) is 8.47. The first-order chi connectivity index (χ1) is 12.1. The molecule has 6 nitrogen and oxygen atoms in total. The van der Waals surface area contributed by atoms with E-state index in [2.05, 4.69) is 16.3 Å². The van der Waals surface area contributed by atoms with Gasteiger partial charge >= 0.3 is 0 Å². The van der Waals surface area contributed by atoms with Gasteiger partial charge in [0.25, 0.3) is 0 Å². The molecule has 3 rings (SSSR count). The largest absolute Gasteiger partial charge is 0.379 e.